The Morgan fingerprint density at radius 3 is 2.44 bits per heavy atom. The van der Waals surface area contributed by atoms with E-state index in [1.807, 2.05) is 0 Å². The first-order chi connectivity index (χ1) is 4.24. The van der Waals surface area contributed by atoms with Crippen LogP contribution in [0.1, 0.15) is 6.42 Å². The van der Waals surface area contributed by atoms with Crippen LogP contribution in [0, 0.1) is 0 Å². The fraction of sp³-hybridized carbons (Fsp3) is 1.00. The third kappa shape index (κ3) is 1.40. The van der Waals surface area contributed by atoms with Gasteiger partial charge in [0.25, 0.3) is 0 Å². The first-order valence-electron chi connectivity index (χ1n) is 2.78. The van der Waals surface area contributed by atoms with E-state index in [2.05, 4.69) is 4.74 Å². The third-order valence-corrected chi connectivity index (χ3v) is 1.28. The molecular weight excluding hydrogens is 124 g/mol. The van der Waals surface area contributed by atoms with Crippen molar-refractivity contribution in [2.75, 3.05) is 7.11 Å². The van der Waals surface area contributed by atoms with Crippen molar-refractivity contribution in [3.05, 3.63) is 0 Å². The predicted molar refractivity (Wildman–Crippen MR) is 28.5 cm³/mol. The van der Waals surface area contributed by atoms with Gasteiger partial charge in [-0.2, -0.15) is 0 Å². The van der Waals surface area contributed by atoms with Gasteiger partial charge in [0.15, 0.2) is 12.6 Å². The Kier molecular flexibility index (Phi) is 2.02. The van der Waals surface area contributed by atoms with E-state index < -0.39 is 18.7 Å². The van der Waals surface area contributed by atoms with Crippen molar-refractivity contribution in [3.8, 4) is 0 Å². The van der Waals surface area contributed by atoms with E-state index in [1.54, 1.807) is 0 Å². The Morgan fingerprint density at radius 1 is 1.56 bits per heavy atom. The number of hydrogen-bond acceptors (Lipinski definition) is 4. The summed E-state index contributed by atoms with van der Waals surface area (Å²) in [5.74, 6) is 0. The normalized spacial score (nSPS) is 43.7. The van der Waals surface area contributed by atoms with Crippen molar-refractivity contribution in [2.45, 2.75) is 25.1 Å². The van der Waals surface area contributed by atoms with Gasteiger partial charge < -0.3 is 19.7 Å². The minimum absolute atomic E-state index is 0.235. The summed E-state index contributed by atoms with van der Waals surface area (Å²) in [4.78, 5) is 0. The molecule has 0 amide bonds. The van der Waals surface area contributed by atoms with Gasteiger partial charge in [-0.25, -0.2) is 0 Å². The molecule has 0 aliphatic carbocycles. The van der Waals surface area contributed by atoms with Crippen LogP contribution in [0.3, 0.4) is 0 Å². The summed E-state index contributed by atoms with van der Waals surface area (Å²) in [7, 11) is 1.42. The fourth-order valence-electron chi connectivity index (χ4n) is 0.831. The number of aliphatic hydroxyl groups excluding tert-OH is 2. The quantitative estimate of drug-likeness (QED) is 0.486. The molecule has 0 aromatic heterocycles. The van der Waals surface area contributed by atoms with E-state index in [1.165, 1.54) is 7.11 Å². The molecule has 1 fully saturated rings. The number of aliphatic hydroxyl groups is 2. The Labute approximate surface area is 53.0 Å². The first kappa shape index (κ1) is 6.95. The highest BCUT2D eigenvalue weighted by atomic mass is 16.7. The second-order valence-corrected chi connectivity index (χ2v) is 2.00. The molecule has 0 radical (unpaired) electrons. The lowest BCUT2D eigenvalue weighted by atomic mass is 10.3. The zero-order chi connectivity index (χ0) is 6.85. The van der Waals surface area contributed by atoms with E-state index in [4.69, 9.17) is 14.9 Å². The number of methoxy groups -OCH3 is 1. The summed E-state index contributed by atoms with van der Waals surface area (Å²) in [6.45, 7) is 0. The molecule has 0 bridgehead atoms. The smallest absolute Gasteiger partial charge is 0.186 e. The molecule has 0 aromatic rings. The van der Waals surface area contributed by atoms with E-state index in [-0.39, 0.29) is 6.42 Å². The molecule has 1 heterocycles. The molecular formula is C5H10O4. The van der Waals surface area contributed by atoms with Crippen molar-refractivity contribution >= 4 is 0 Å². The second-order valence-electron chi connectivity index (χ2n) is 2.00. The van der Waals surface area contributed by atoms with Crippen LogP contribution in [0.25, 0.3) is 0 Å². The van der Waals surface area contributed by atoms with Crippen LogP contribution in [0.15, 0.2) is 0 Å². The molecule has 1 aliphatic rings. The molecule has 2 N–H and O–H groups in total. The van der Waals surface area contributed by atoms with Gasteiger partial charge >= 0.3 is 0 Å². The minimum Gasteiger partial charge on any atom is -0.388 e. The van der Waals surface area contributed by atoms with Gasteiger partial charge in [-0.1, -0.05) is 0 Å². The highest BCUT2D eigenvalue weighted by Gasteiger charge is 2.32. The largest absolute Gasteiger partial charge is 0.388 e. The van der Waals surface area contributed by atoms with Crippen molar-refractivity contribution in [2.24, 2.45) is 0 Å². The van der Waals surface area contributed by atoms with Crippen molar-refractivity contribution in [1.82, 2.24) is 0 Å². The topological polar surface area (TPSA) is 58.9 Å². The maximum absolute atomic E-state index is 8.95. The molecule has 3 atom stereocenters. The Bertz CT molecular complexity index is 95.0. The van der Waals surface area contributed by atoms with Gasteiger partial charge in [-0.05, 0) is 0 Å². The molecule has 1 unspecified atom stereocenters. The lowest BCUT2D eigenvalue weighted by Crippen LogP contribution is -2.22. The summed E-state index contributed by atoms with van der Waals surface area (Å²) in [6, 6.07) is 0. The van der Waals surface area contributed by atoms with Crippen LogP contribution < -0.4 is 0 Å². The lowest BCUT2D eigenvalue weighted by Gasteiger charge is -2.09. The van der Waals surface area contributed by atoms with E-state index >= 15 is 0 Å². The number of hydrogen-bond donors (Lipinski definition) is 2. The maximum Gasteiger partial charge on any atom is 0.186 e. The van der Waals surface area contributed by atoms with Crippen LogP contribution >= 0.6 is 0 Å². The lowest BCUT2D eigenvalue weighted by molar-refractivity contribution is -0.190. The van der Waals surface area contributed by atoms with Crippen LogP contribution in [0.5, 0.6) is 0 Å². The van der Waals surface area contributed by atoms with Gasteiger partial charge in [0.05, 0.1) is 0 Å². The monoisotopic (exact) mass is 134 g/mol. The van der Waals surface area contributed by atoms with E-state index in [9.17, 15) is 0 Å². The first-order valence-corrected chi connectivity index (χ1v) is 2.78. The molecule has 0 spiro atoms. The van der Waals surface area contributed by atoms with Crippen LogP contribution in [-0.2, 0) is 9.47 Å². The van der Waals surface area contributed by atoms with E-state index in [0.29, 0.717) is 0 Å². The number of ether oxygens (including phenoxy) is 2. The Morgan fingerprint density at radius 2 is 2.22 bits per heavy atom. The van der Waals surface area contributed by atoms with Crippen molar-refractivity contribution < 1.29 is 19.7 Å². The van der Waals surface area contributed by atoms with Crippen LogP contribution in [0.4, 0.5) is 0 Å². The van der Waals surface area contributed by atoms with Crippen LogP contribution in [0.2, 0.25) is 0 Å². The average molecular weight is 134 g/mol. The minimum atomic E-state index is -0.870. The highest BCUT2D eigenvalue weighted by Crippen LogP contribution is 2.18. The van der Waals surface area contributed by atoms with Gasteiger partial charge in [0.2, 0.25) is 0 Å². The maximum atomic E-state index is 8.95. The zero-order valence-corrected chi connectivity index (χ0v) is 5.15. The van der Waals surface area contributed by atoms with E-state index in [0.717, 1.165) is 0 Å². The molecule has 4 nitrogen and oxygen atoms in total. The summed E-state index contributed by atoms with van der Waals surface area (Å²) in [5.41, 5.74) is 0. The van der Waals surface area contributed by atoms with Gasteiger partial charge in [0.1, 0.15) is 6.10 Å². The summed E-state index contributed by atoms with van der Waals surface area (Å²) >= 11 is 0. The van der Waals surface area contributed by atoms with Crippen LogP contribution in [-0.4, -0.2) is 36.0 Å². The van der Waals surface area contributed by atoms with Gasteiger partial charge in [-0.15, -0.1) is 0 Å². The molecule has 0 aromatic carbocycles. The summed E-state index contributed by atoms with van der Waals surface area (Å²) in [5, 5.41) is 17.7. The summed E-state index contributed by atoms with van der Waals surface area (Å²) in [6.07, 6.45) is -1.98. The van der Waals surface area contributed by atoms with Gasteiger partial charge in [0, 0.05) is 13.5 Å². The summed E-state index contributed by atoms with van der Waals surface area (Å²) < 4.78 is 9.37. The SMILES string of the molecule is CO[C@H]1O[C@H](O)CC1O. The molecule has 1 aliphatic heterocycles. The zero-order valence-electron chi connectivity index (χ0n) is 5.15. The molecule has 4 heteroatoms. The average Bonchev–Trinajstić information content (AvgIpc) is 2.10. The molecule has 1 saturated heterocycles. The predicted octanol–water partition coefficient (Wildman–Crippen LogP) is -0.942. The van der Waals surface area contributed by atoms with Crippen molar-refractivity contribution in [3.63, 3.8) is 0 Å². The van der Waals surface area contributed by atoms with Crippen molar-refractivity contribution in [1.29, 1.82) is 0 Å². The van der Waals surface area contributed by atoms with Gasteiger partial charge in [-0.3, -0.25) is 0 Å². The highest BCUT2D eigenvalue weighted by molar-refractivity contribution is 4.69. The Hall–Kier alpha value is -0.160. The standard InChI is InChI=1S/C5H10O4/c1-8-5-3(6)2-4(7)9-5/h3-7H,2H2,1H3/t3?,4-,5-/m0/s1. The Balaban J connectivity index is 2.38. The molecule has 0 saturated carbocycles. The second kappa shape index (κ2) is 2.62. The molecule has 1 rings (SSSR count). The fourth-order valence-corrected chi connectivity index (χ4v) is 0.831. The molecule has 54 valence electrons. The third-order valence-electron chi connectivity index (χ3n) is 1.28. The number of rotatable bonds is 1. The molecule has 9 heavy (non-hydrogen) atoms.